The quantitative estimate of drug-likeness (QED) is 0.694. The first-order chi connectivity index (χ1) is 13.3. The van der Waals surface area contributed by atoms with Gasteiger partial charge in [0.25, 0.3) is 0 Å². The van der Waals surface area contributed by atoms with E-state index in [1.54, 1.807) is 6.92 Å². The molecule has 2 atom stereocenters. The van der Waals surface area contributed by atoms with E-state index in [2.05, 4.69) is 0 Å². The van der Waals surface area contributed by atoms with Crippen LogP contribution in [0.3, 0.4) is 0 Å². The van der Waals surface area contributed by atoms with Gasteiger partial charge in [0, 0.05) is 31.0 Å². The van der Waals surface area contributed by atoms with E-state index < -0.39 is 15.8 Å². The zero-order valence-corrected chi connectivity index (χ0v) is 16.5. The van der Waals surface area contributed by atoms with Crippen molar-refractivity contribution in [3.05, 3.63) is 24.0 Å². The van der Waals surface area contributed by atoms with Gasteiger partial charge in [-0.25, -0.2) is 12.8 Å². The molecular formula is C19H23FN2O5S. The number of rotatable bonds is 5. The molecule has 152 valence electrons. The second-order valence-electron chi connectivity index (χ2n) is 7.53. The van der Waals surface area contributed by atoms with E-state index in [1.807, 2.05) is 0 Å². The van der Waals surface area contributed by atoms with Crippen molar-refractivity contribution in [1.29, 1.82) is 0 Å². The minimum absolute atomic E-state index is 0.0224. The standard InChI is InChI=1S/C19H23FN2O5S/c1-2-27-17-6-5-15(11-16(17)20)28(25,26)22-12-3-4-13(22)10-14(9-12)21-18(23)7-8-19(21)24/h5-6,11-14H,2-4,7-10H2,1H3. The molecule has 1 aromatic rings. The van der Waals surface area contributed by atoms with Crippen LogP contribution in [-0.4, -0.2) is 54.2 Å². The fourth-order valence-corrected chi connectivity index (χ4v) is 6.65. The molecule has 2 unspecified atom stereocenters. The summed E-state index contributed by atoms with van der Waals surface area (Å²) in [5.41, 5.74) is 0. The molecule has 2 bridgehead atoms. The van der Waals surface area contributed by atoms with Crippen molar-refractivity contribution < 1.29 is 27.1 Å². The first kappa shape index (κ1) is 19.3. The lowest BCUT2D eigenvalue weighted by molar-refractivity contribution is -0.142. The number of imide groups is 1. The number of hydrogen-bond donors (Lipinski definition) is 0. The van der Waals surface area contributed by atoms with Gasteiger partial charge in [-0.15, -0.1) is 0 Å². The summed E-state index contributed by atoms with van der Waals surface area (Å²) in [6, 6.07) is 2.88. The lowest BCUT2D eigenvalue weighted by Gasteiger charge is -2.40. The van der Waals surface area contributed by atoms with Gasteiger partial charge in [-0.2, -0.15) is 4.31 Å². The second-order valence-corrected chi connectivity index (χ2v) is 9.37. The van der Waals surface area contributed by atoms with Crippen LogP contribution in [0.1, 0.15) is 45.4 Å². The summed E-state index contributed by atoms with van der Waals surface area (Å²) >= 11 is 0. The highest BCUT2D eigenvalue weighted by Gasteiger charge is 2.50. The summed E-state index contributed by atoms with van der Waals surface area (Å²) in [7, 11) is -3.88. The van der Waals surface area contributed by atoms with Gasteiger partial charge in [0.2, 0.25) is 21.8 Å². The Bertz CT molecular complexity index is 889. The van der Waals surface area contributed by atoms with Crippen LogP contribution in [0.25, 0.3) is 0 Å². The Labute approximate surface area is 163 Å². The normalized spacial score (nSPS) is 28.2. The molecule has 3 heterocycles. The molecule has 9 heteroatoms. The molecular weight excluding hydrogens is 387 g/mol. The molecule has 0 radical (unpaired) electrons. The Morgan fingerprint density at radius 2 is 1.68 bits per heavy atom. The predicted molar refractivity (Wildman–Crippen MR) is 97.5 cm³/mol. The van der Waals surface area contributed by atoms with Crippen LogP contribution in [0.4, 0.5) is 4.39 Å². The van der Waals surface area contributed by atoms with Gasteiger partial charge in [-0.1, -0.05) is 0 Å². The number of carbonyl (C=O) groups is 2. The van der Waals surface area contributed by atoms with E-state index in [1.165, 1.54) is 21.3 Å². The lowest BCUT2D eigenvalue weighted by atomic mass is 9.98. The fourth-order valence-electron chi connectivity index (χ4n) is 4.75. The molecule has 28 heavy (non-hydrogen) atoms. The maximum atomic E-state index is 14.2. The maximum Gasteiger partial charge on any atom is 0.243 e. The average Bonchev–Trinajstić information content (AvgIpc) is 3.13. The second kappa shape index (κ2) is 7.11. The van der Waals surface area contributed by atoms with Crippen LogP contribution in [0.5, 0.6) is 5.75 Å². The summed E-state index contributed by atoms with van der Waals surface area (Å²) in [5.74, 6) is -1.02. The van der Waals surface area contributed by atoms with Gasteiger partial charge in [0.15, 0.2) is 11.6 Å². The Morgan fingerprint density at radius 1 is 1.07 bits per heavy atom. The number of fused-ring (bicyclic) bond motifs is 2. The number of carbonyl (C=O) groups excluding carboxylic acids is 2. The number of benzene rings is 1. The van der Waals surface area contributed by atoms with Crippen LogP contribution in [0.15, 0.2) is 23.1 Å². The van der Waals surface area contributed by atoms with Crippen molar-refractivity contribution in [3.63, 3.8) is 0 Å². The summed E-state index contributed by atoms with van der Waals surface area (Å²) in [4.78, 5) is 25.4. The van der Waals surface area contributed by atoms with Crippen LogP contribution >= 0.6 is 0 Å². The van der Waals surface area contributed by atoms with Crippen LogP contribution < -0.4 is 4.74 Å². The van der Waals surface area contributed by atoms with Gasteiger partial charge >= 0.3 is 0 Å². The summed E-state index contributed by atoms with van der Waals surface area (Å²) in [6.07, 6.45) is 2.70. The third-order valence-electron chi connectivity index (χ3n) is 5.88. The van der Waals surface area contributed by atoms with Crippen molar-refractivity contribution in [3.8, 4) is 5.75 Å². The Hall–Kier alpha value is -2.00. The van der Waals surface area contributed by atoms with Crippen molar-refractivity contribution in [2.45, 2.75) is 68.5 Å². The van der Waals surface area contributed by atoms with E-state index in [9.17, 15) is 22.4 Å². The topological polar surface area (TPSA) is 84.0 Å². The predicted octanol–water partition coefficient (Wildman–Crippen LogP) is 2.06. The molecule has 0 N–H and O–H groups in total. The summed E-state index contributed by atoms with van der Waals surface area (Å²) in [6.45, 7) is 2.01. The van der Waals surface area contributed by atoms with Gasteiger partial charge < -0.3 is 4.74 Å². The van der Waals surface area contributed by atoms with Crippen molar-refractivity contribution in [2.24, 2.45) is 0 Å². The molecule has 4 rings (SSSR count). The Balaban J connectivity index is 1.58. The molecule has 0 spiro atoms. The van der Waals surface area contributed by atoms with Crippen LogP contribution in [0, 0.1) is 5.82 Å². The SMILES string of the molecule is CCOc1ccc(S(=O)(=O)N2C3CCC2CC(N2C(=O)CCC2=O)C3)cc1F. The number of hydrogen-bond acceptors (Lipinski definition) is 5. The molecule has 0 aliphatic carbocycles. The largest absolute Gasteiger partial charge is 0.491 e. The summed E-state index contributed by atoms with van der Waals surface area (Å²) in [5, 5.41) is 0. The molecule has 2 amide bonds. The minimum Gasteiger partial charge on any atom is -0.491 e. The van der Waals surface area contributed by atoms with E-state index in [-0.39, 0.29) is 60.0 Å². The monoisotopic (exact) mass is 410 g/mol. The third-order valence-corrected chi connectivity index (χ3v) is 7.88. The maximum absolute atomic E-state index is 14.2. The van der Waals surface area contributed by atoms with E-state index >= 15 is 0 Å². The number of nitrogens with zero attached hydrogens (tertiary/aromatic N) is 2. The van der Waals surface area contributed by atoms with Crippen LogP contribution in [0.2, 0.25) is 0 Å². The fraction of sp³-hybridized carbons (Fsp3) is 0.579. The molecule has 3 aliphatic rings. The molecule has 3 saturated heterocycles. The van der Waals surface area contributed by atoms with Crippen molar-refractivity contribution in [2.75, 3.05) is 6.61 Å². The van der Waals surface area contributed by atoms with E-state index in [4.69, 9.17) is 4.74 Å². The molecule has 7 nitrogen and oxygen atoms in total. The van der Waals surface area contributed by atoms with E-state index in [0.29, 0.717) is 25.7 Å². The van der Waals surface area contributed by atoms with Gasteiger partial charge in [0.1, 0.15) is 0 Å². The Kier molecular flexibility index (Phi) is 4.91. The van der Waals surface area contributed by atoms with Crippen molar-refractivity contribution >= 4 is 21.8 Å². The number of amides is 2. The number of sulfonamides is 1. The Morgan fingerprint density at radius 3 is 2.21 bits per heavy atom. The average molecular weight is 410 g/mol. The zero-order chi connectivity index (χ0) is 20.1. The molecule has 0 aromatic heterocycles. The first-order valence-electron chi connectivity index (χ1n) is 9.63. The summed E-state index contributed by atoms with van der Waals surface area (Å²) < 4.78 is 47.2. The zero-order valence-electron chi connectivity index (χ0n) is 15.6. The molecule has 0 saturated carbocycles. The molecule has 3 aliphatic heterocycles. The molecule has 1 aromatic carbocycles. The number of ether oxygens (including phenoxy) is 1. The van der Waals surface area contributed by atoms with Gasteiger partial charge in [0.05, 0.1) is 11.5 Å². The highest BCUT2D eigenvalue weighted by atomic mass is 32.2. The van der Waals surface area contributed by atoms with Gasteiger partial charge in [-0.3, -0.25) is 14.5 Å². The highest BCUT2D eigenvalue weighted by Crippen LogP contribution is 2.42. The lowest BCUT2D eigenvalue weighted by Crippen LogP contribution is -2.53. The van der Waals surface area contributed by atoms with Gasteiger partial charge in [-0.05, 0) is 50.8 Å². The van der Waals surface area contributed by atoms with E-state index in [0.717, 1.165) is 6.07 Å². The first-order valence-corrected chi connectivity index (χ1v) is 11.1. The highest BCUT2D eigenvalue weighted by molar-refractivity contribution is 7.89. The number of piperidine rings is 1. The molecule has 3 fully saturated rings. The minimum atomic E-state index is -3.88. The van der Waals surface area contributed by atoms with Crippen molar-refractivity contribution in [1.82, 2.24) is 9.21 Å². The smallest absolute Gasteiger partial charge is 0.243 e. The third kappa shape index (κ3) is 3.10. The van der Waals surface area contributed by atoms with Crippen LogP contribution in [-0.2, 0) is 19.6 Å². The number of halogens is 1. The number of likely N-dealkylation sites (tertiary alicyclic amines) is 1.